The number of rotatable bonds is 4. The Morgan fingerprint density at radius 1 is 0.808 bits per heavy atom. The Bertz CT molecular complexity index is 931. The van der Waals surface area contributed by atoms with Crippen molar-refractivity contribution >= 4 is 17.6 Å². The maximum Gasteiger partial charge on any atom is 0.337 e. The highest BCUT2D eigenvalue weighted by Gasteiger charge is 2.12. The maximum absolute atomic E-state index is 12.5. The summed E-state index contributed by atoms with van der Waals surface area (Å²) in [5.41, 5.74) is 4.55. The third-order valence-corrected chi connectivity index (χ3v) is 4.16. The first-order chi connectivity index (χ1) is 12.6. The van der Waals surface area contributed by atoms with Crippen molar-refractivity contribution in [1.82, 2.24) is 0 Å². The lowest BCUT2D eigenvalue weighted by Crippen LogP contribution is -2.13. The molecule has 1 amide bonds. The van der Waals surface area contributed by atoms with Crippen molar-refractivity contribution in [3.05, 3.63) is 89.5 Å². The Balaban J connectivity index is 1.79. The zero-order valence-electron chi connectivity index (χ0n) is 14.7. The fourth-order valence-electron chi connectivity index (χ4n) is 2.64. The molecule has 3 aromatic rings. The third-order valence-electron chi connectivity index (χ3n) is 4.16. The summed E-state index contributed by atoms with van der Waals surface area (Å²) >= 11 is 0. The number of esters is 1. The van der Waals surface area contributed by atoms with Crippen molar-refractivity contribution in [2.75, 3.05) is 12.4 Å². The monoisotopic (exact) mass is 345 g/mol. The van der Waals surface area contributed by atoms with E-state index in [-0.39, 0.29) is 5.91 Å². The van der Waals surface area contributed by atoms with Crippen LogP contribution >= 0.6 is 0 Å². The second kappa shape index (κ2) is 7.66. The molecule has 0 fully saturated rings. The summed E-state index contributed by atoms with van der Waals surface area (Å²) in [5.74, 6) is -0.664. The molecule has 1 N–H and O–H groups in total. The molecule has 0 heterocycles. The number of carbonyl (C=O) groups excluding carboxylic acids is 2. The quantitative estimate of drug-likeness (QED) is 0.697. The van der Waals surface area contributed by atoms with E-state index in [0.717, 1.165) is 16.7 Å². The predicted molar refractivity (Wildman–Crippen MR) is 102 cm³/mol. The van der Waals surface area contributed by atoms with Gasteiger partial charge in [-0.15, -0.1) is 0 Å². The molecular weight excluding hydrogens is 326 g/mol. The molecule has 0 saturated carbocycles. The van der Waals surface area contributed by atoms with Crippen LogP contribution in [0.15, 0.2) is 72.8 Å². The summed E-state index contributed by atoms with van der Waals surface area (Å²) < 4.78 is 4.72. The fraction of sp³-hybridized carbons (Fsp3) is 0.0909. The van der Waals surface area contributed by atoms with Gasteiger partial charge in [0.05, 0.1) is 12.7 Å². The molecule has 4 nitrogen and oxygen atoms in total. The topological polar surface area (TPSA) is 55.4 Å². The van der Waals surface area contributed by atoms with Gasteiger partial charge in [-0.1, -0.05) is 48.5 Å². The summed E-state index contributed by atoms with van der Waals surface area (Å²) in [6.45, 7) is 1.87. The van der Waals surface area contributed by atoms with E-state index in [2.05, 4.69) is 5.32 Å². The van der Waals surface area contributed by atoms with Gasteiger partial charge in [0.1, 0.15) is 0 Å². The van der Waals surface area contributed by atoms with Crippen molar-refractivity contribution in [1.29, 1.82) is 0 Å². The van der Waals surface area contributed by atoms with Crippen LogP contribution in [0.4, 0.5) is 5.69 Å². The van der Waals surface area contributed by atoms with E-state index in [0.29, 0.717) is 16.8 Å². The summed E-state index contributed by atoms with van der Waals surface area (Å²) in [6.07, 6.45) is 0. The molecule has 0 spiro atoms. The van der Waals surface area contributed by atoms with Crippen LogP contribution < -0.4 is 5.32 Å². The van der Waals surface area contributed by atoms with Crippen molar-refractivity contribution < 1.29 is 14.3 Å². The Hall–Kier alpha value is -3.40. The molecular formula is C22H19NO3. The van der Waals surface area contributed by atoms with Gasteiger partial charge in [-0.25, -0.2) is 4.79 Å². The number of aryl methyl sites for hydroxylation is 1. The molecule has 0 aromatic heterocycles. The van der Waals surface area contributed by atoms with Crippen LogP contribution in [0.3, 0.4) is 0 Å². The summed E-state index contributed by atoms with van der Waals surface area (Å²) in [5, 5.41) is 2.86. The number of nitrogens with one attached hydrogen (secondary N) is 1. The Morgan fingerprint density at radius 3 is 2.08 bits per heavy atom. The Morgan fingerprint density at radius 2 is 1.42 bits per heavy atom. The predicted octanol–water partition coefficient (Wildman–Crippen LogP) is 4.70. The van der Waals surface area contributed by atoms with Crippen LogP contribution in [0.2, 0.25) is 0 Å². The lowest BCUT2D eigenvalue weighted by molar-refractivity contribution is 0.0600. The minimum absolute atomic E-state index is 0.227. The fourth-order valence-corrected chi connectivity index (χ4v) is 2.64. The van der Waals surface area contributed by atoms with Crippen LogP contribution in [-0.2, 0) is 4.74 Å². The molecule has 130 valence electrons. The van der Waals surface area contributed by atoms with Crippen molar-refractivity contribution in [2.45, 2.75) is 6.92 Å². The van der Waals surface area contributed by atoms with Crippen LogP contribution in [0.5, 0.6) is 0 Å². The molecule has 0 bridgehead atoms. The lowest BCUT2D eigenvalue weighted by atomic mass is 10.0. The normalized spacial score (nSPS) is 10.2. The van der Waals surface area contributed by atoms with Gasteiger partial charge in [-0.05, 0) is 47.9 Å². The van der Waals surface area contributed by atoms with E-state index in [1.807, 2.05) is 49.4 Å². The highest BCUT2D eigenvalue weighted by atomic mass is 16.5. The molecule has 0 atom stereocenters. The van der Waals surface area contributed by atoms with Gasteiger partial charge in [0.15, 0.2) is 0 Å². The number of hydrogen-bond acceptors (Lipinski definition) is 3. The second-order valence-electron chi connectivity index (χ2n) is 5.92. The highest BCUT2D eigenvalue weighted by Crippen LogP contribution is 2.21. The van der Waals surface area contributed by atoms with Gasteiger partial charge in [0, 0.05) is 11.3 Å². The van der Waals surface area contributed by atoms with Gasteiger partial charge < -0.3 is 10.1 Å². The zero-order valence-corrected chi connectivity index (χ0v) is 14.7. The first kappa shape index (κ1) is 17.4. The Labute approximate surface area is 152 Å². The first-order valence-electron chi connectivity index (χ1n) is 8.24. The van der Waals surface area contributed by atoms with Crippen LogP contribution in [-0.4, -0.2) is 19.0 Å². The van der Waals surface area contributed by atoms with Crippen LogP contribution in [0.1, 0.15) is 26.3 Å². The van der Waals surface area contributed by atoms with Gasteiger partial charge in [-0.2, -0.15) is 0 Å². The van der Waals surface area contributed by atoms with E-state index < -0.39 is 5.97 Å². The minimum Gasteiger partial charge on any atom is -0.465 e. The number of carbonyl (C=O) groups is 2. The second-order valence-corrected chi connectivity index (χ2v) is 5.92. The van der Waals surface area contributed by atoms with E-state index in [4.69, 9.17) is 4.74 Å². The molecule has 3 aromatic carbocycles. The van der Waals surface area contributed by atoms with Crippen molar-refractivity contribution in [3.63, 3.8) is 0 Å². The number of methoxy groups -OCH3 is 1. The average molecular weight is 345 g/mol. The van der Waals surface area contributed by atoms with E-state index >= 15 is 0 Å². The minimum atomic E-state index is -0.437. The molecule has 4 heteroatoms. The Kier molecular flexibility index (Phi) is 5.13. The largest absolute Gasteiger partial charge is 0.465 e. The lowest BCUT2D eigenvalue weighted by Gasteiger charge is -2.10. The SMILES string of the molecule is COC(=O)c1ccc(C)c(NC(=O)c2ccc(-c3ccccc3)cc2)c1. The number of benzene rings is 3. The van der Waals surface area contributed by atoms with E-state index in [1.54, 1.807) is 30.3 Å². The van der Waals surface area contributed by atoms with E-state index in [9.17, 15) is 9.59 Å². The molecule has 0 aliphatic rings. The molecule has 0 saturated heterocycles. The maximum atomic E-state index is 12.5. The summed E-state index contributed by atoms with van der Waals surface area (Å²) in [7, 11) is 1.33. The highest BCUT2D eigenvalue weighted by molar-refractivity contribution is 6.05. The number of anilines is 1. The van der Waals surface area contributed by atoms with Gasteiger partial charge in [-0.3, -0.25) is 4.79 Å². The number of hydrogen-bond donors (Lipinski definition) is 1. The number of amides is 1. The summed E-state index contributed by atoms with van der Waals surface area (Å²) in [6, 6.07) is 22.5. The molecule has 0 radical (unpaired) electrons. The standard InChI is InChI=1S/C22H19NO3/c1-15-8-9-19(22(25)26-2)14-20(15)23-21(24)18-12-10-17(11-13-18)16-6-4-3-5-7-16/h3-14H,1-2H3,(H,23,24). The molecule has 26 heavy (non-hydrogen) atoms. The smallest absolute Gasteiger partial charge is 0.337 e. The molecule has 0 unspecified atom stereocenters. The van der Waals surface area contributed by atoms with Crippen LogP contribution in [0.25, 0.3) is 11.1 Å². The van der Waals surface area contributed by atoms with Gasteiger partial charge in [0.2, 0.25) is 0 Å². The zero-order chi connectivity index (χ0) is 18.5. The number of ether oxygens (including phenoxy) is 1. The van der Waals surface area contributed by atoms with Crippen molar-refractivity contribution in [3.8, 4) is 11.1 Å². The van der Waals surface area contributed by atoms with Gasteiger partial charge in [0.25, 0.3) is 5.91 Å². The van der Waals surface area contributed by atoms with Crippen molar-refractivity contribution in [2.24, 2.45) is 0 Å². The third kappa shape index (κ3) is 3.81. The van der Waals surface area contributed by atoms with Gasteiger partial charge >= 0.3 is 5.97 Å². The average Bonchev–Trinajstić information content (AvgIpc) is 2.69. The first-order valence-corrected chi connectivity index (χ1v) is 8.24. The van der Waals surface area contributed by atoms with E-state index in [1.165, 1.54) is 7.11 Å². The molecule has 3 rings (SSSR count). The molecule has 0 aliphatic heterocycles. The summed E-state index contributed by atoms with van der Waals surface area (Å²) in [4.78, 5) is 24.2. The van der Waals surface area contributed by atoms with Crippen LogP contribution in [0, 0.1) is 6.92 Å². The molecule has 0 aliphatic carbocycles.